The van der Waals surface area contributed by atoms with Crippen LogP contribution in [0.15, 0.2) is 0 Å². The Balaban J connectivity index is 2.82. The summed E-state index contributed by atoms with van der Waals surface area (Å²) in [5.41, 5.74) is 0. The van der Waals surface area contributed by atoms with Crippen LogP contribution in [0.5, 0.6) is 0 Å². The van der Waals surface area contributed by atoms with Crippen LogP contribution in [0.1, 0.15) is 25.7 Å². The molecule has 0 bridgehead atoms. The van der Waals surface area contributed by atoms with E-state index in [0.29, 0.717) is 12.4 Å². The molecular formula is C8H16ClF2N. The van der Waals surface area contributed by atoms with E-state index >= 15 is 0 Å². The highest BCUT2D eigenvalue weighted by Crippen LogP contribution is 1.99. The van der Waals surface area contributed by atoms with Crippen molar-refractivity contribution in [1.82, 2.24) is 5.32 Å². The molecule has 4 heteroatoms. The Morgan fingerprint density at radius 3 is 2.33 bits per heavy atom. The molecule has 0 atom stereocenters. The number of hydrogen-bond acceptors (Lipinski definition) is 1. The van der Waals surface area contributed by atoms with Crippen molar-refractivity contribution in [2.24, 2.45) is 0 Å². The Morgan fingerprint density at radius 2 is 1.75 bits per heavy atom. The minimum atomic E-state index is -2.23. The normalized spacial score (nSPS) is 11.0. The van der Waals surface area contributed by atoms with Gasteiger partial charge in [-0.05, 0) is 19.4 Å². The molecule has 74 valence electrons. The van der Waals surface area contributed by atoms with Gasteiger partial charge in [0, 0.05) is 5.88 Å². The zero-order valence-corrected chi connectivity index (χ0v) is 7.92. The van der Waals surface area contributed by atoms with Gasteiger partial charge in [0.25, 0.3) is 6.43 Å². The largest absolute Gasteiger partial charge is 0.311 e. The molecule has 0 unspecified atom stereocenters. The smallest absolute Gasteiger partial charge is 0.250 e. The Kier molecular flexibility index (Phi) is 9.28. The Labute approximate surface area is 77.5 Å². The fourth-order valence-corrected chi connectivity index (χ4v) is 1.10. The Morgan fingerprint density at radius 1 is 1.08 bits per heavy atom. The van der Waals surface area contributed by atoms with E-state index in [4.69, 9.17) is 11.6 Å². The van der Waals surface area contributed by atoms with Crippen LogP contribution in [0.2, 0.25) is 0 Å². The second-order valence-electron chi connectivity index (χ2n) is 2.70. The van der Waals surface area contributed by atoms with Gasteiger partial charge in [-0.15, -0.1) is 11.6 Å². The van der Waals surface area contributed by atoms with Crippen molar-refractivity contribution in [3.8, 4) is 0 Å². The van der Waals surface area contributed by atoms with E-state index in [9.17, 15) is 8.78 Å². The molecule has 12 heavy (non-hydrogen) atoms. The second kappa shape index (κ2) is 9.20. The fourth-order valence-electron chi connectivity index (χ4n) is 0.909. The van der Waals surface area contributed by atoms with Crippen molar-refractivity contribution >= 4 is 11.6 Å². The molecule has 0 aliphatic heterocycles. The molecule has 0 rings (SSSR count). The maximum Gasteiger partial charge on any atom is 0.250 e. The molecule has 0 fully saturated rings. The third kappa shape index (κ3) is 10.1. The molecule has 0 heterocycles. The van der Waals surface area contributed by atoms with Crippen molar-refractivity contribution in [2.45, 2.75) is 32.1 Å². The summed E-state index contributed by atoms with van der Waals surface area (Å²) >= 11 is 5.47. The van der Waals surface area contributed by atoms with Crippen LogP contribution in [0, 0.1) is 0 Å². The van der Waals surface area contributed by atoms with Crippen molar-refractivity contribution in [1.29, 1.82) is 0 Å². The first-order valence-corrected chi connectivity index (χ1v) is 4.85. The van der Waals surface area contributed by atoms with Crippen molar-refractivity contribution in [3.63, 3.8) is 0 Å². The predicted octanol–water partition coefficient (Wildman–Crippen LogP) is 2.64. The maximum atomic E-state index is 11.6. The molecule has 0 saturated carbocycles. The lowest BCUT2D eigenvalue weighted by atomic mass is 10.2. The first-order valence-electron chi connectivity index (χ1n) is 4.32. The van der Waals surface area contributed by atoms with Crippen LogP contribution in [0.25, 0.3) is 0 Å². The SMILES string of the molecule is FC(F)CNCCCCCCCl. The lowest BCUT2D eigenvalue weighted by Crippen LogP contribution is -2.22. The summed E-state index contributed by atoms with van der Waals surface area (Å²) in [7, 11) is 0. The minimum absolute atomic E-state index is 0.185. The summed E-state index contributed by atoms with van der Waals surface area (Å²) < 4.78 is 23.2. The summed E-state index contributed by atoms with van der Waals surface area (Å²) in [6.45, 7) is 0.502. The van der Waals surface area contributed by atoms with Crippen LogP contribution in [-0.4, -0.2) is 25.4 Å². The fraction of sp³-hybridized carbons (Fsp3) is 1.00. The summed E-state index contributed by atoms with van der Waals surface area (Å²) in [4.78, 5) is 0. The number of hydrogen-bond donors (Lipinski definition) is 1. The predicted molar refractivity (Wildman–Crippen MR) is 48.1 cm³/mol. The molecule has 0 aromatic heterocycles. The molecule has 0 spiro atoms. The van der Waals surface area contributed by atoms with Gasteiger partial charge in [-0.25, -0.2) is 8.78 Å². The molecule has 0 amide bonds. The second-order valence-corrected chi connectivity index (χ2v) is 3.08. The van der Waals surface area contributed by atoms with Crippen LogP contribution < -0.4 is 5.32 Å². The third-order valence-electron chi connectivity index (χ3n) is 1.54. The van der Waals surface area contributed by atoms with E-state index in [0.717, 1.165) is 25.7 Å². The van der Waals surface area contributed by atoms with E-state index in [1.807, 2.05) is 0 Å². The Hall–Kier alpha value is 0.110. The highest BCUT2D eigenvalue weighted by atomic mass is 35.5. The zero-order valence-electron chi connectivity index (χ0n) is 7.16. The summed E-state index contributed by atoms with van der Waals surface area (Å²) in [5.74, 6) is 0.699. The first-order chi connectivity index (χ1) is 5.77. The highest BCUT2D eigenvalue weighted by molar-refractivity contribution is 6.17. The highest BCUT2D eigenvalue weighted by Gasteiger charge is 1.99. The average Bonchev–Trinajstić information content (AvgIpc) is 2.02. The molecule has 0 aromatic carbocycles. The molecule has 0 aliphatic carbocycles. The standard InChI is InChI=1S/C8H16ClF2N/c9-5-3-1-2-4-6-12-7-8(10)11/h8,12H,1-7H2. The van der Waals surface area contributed by atoms with Gasteiger partial charge in [-0.1, -0.05) is 12.8 Å². The quantitative estimate of drug-likeness (QED) is 0.468. The van der Waals surface area contributed by atoms with Crippen molar-refractivity contribution in [3.05, 3.63) is 0 Å². The van der Waals surface area contributed by atoms with Gasteiger partial charge in [0.1, 0.15) is 0 Å². The molecular weight excluding hydrogens is 184 g/mol. The summed E-state index contributed by atoms with van der Waals surface area (Å²) in [5, 5.41) is 2.68. The molecule has 1 nitrogen and oxygen atoms in total. The van der Waals surface area contributed by atoms with Gasteiger partial charge in [0.15, 0.2) is 0 Å². The lowest BCUT2D eigenvalue weighted by Gasteiger charge is -2.02. The van der Waals surface area contributed by atoms with Crippen LogP contribution in [0.4, 0.5) is 8.78 Å². The maximum absolute atomic E-state index is 11.6. The van der Waals surface area contributed by atoms with E-state index < -0.39 is 6.43 Å². The number of rotatable bonds is 8. The zero-order chi connectivity index (χ0) is 9.23. The van der Waals surface area contributed by atoms with Gasteiger partial charge in [0.05, 0.1) is 6.54 Å². The lowest BCUT2D eigenvalue weighted by molar-refractivity contribution is 0.146. The van der Waals surface area contributed by atoms with Gasteiger partial charge >= 0.3 is 0 Å². The Bertz CT molecular complexity index is 91.1. The first kappa shape index (κ1) is 12.1. The van der Waals surface area contributed by atoms with Crippen LogP contribution >= 0.6 is 11.6 Å². The average molecular weight is 200 g/mol. The van der Waals surface area contributed by atoms with Gasteiger partial charge < -0.3 is 5.32 Å². The monoisotopic (exact) mass is 199 g/mol. The number of unbranched alkanes of at least 4 members (excludes halogenated alkanes) is 3. The molecule has 0 radical (unpaired) electrons. The van der Waals surface area contributed by atoms with E-state index in [2.05, 4.69) is 5.32 Å². The van der Waals surface area contributed by atoms with E-state index in [-0.39, 0.29) is 6.54 Å². The van der Waals surface area contributed by atoms with Crippen LogP contribution in [-0.2, 0) is 0 Å². The molecule has 0 aliphatic rings. The van der Waals surface area contributed by atoms with Gasteiger partial charge in [-0.2, -0.15) is 0 Å². The van der Waals surface area contributed by atoms with Gasteiger partial charge in [-0.3, -0.25) is 0 Å². The van der Waals surface area contributed by atoms with Gasteiger partial charge in [0.2, 0.25) is 0 Å². The summed E-state index contributed by atoms with van der Waals surface area (Å²) in [6, 6.07) is 0. The molecule has 0 aromatic rings. The third-order valence-corrected chi connectivity index (χ3v) is 1.80. The molecule has 1 N–H and O–H groups in total. The van der Waals surface area contributed by atoms with E-state index in [1.165, 1.54) is 0 Å². The summed E-state index contributed by atoms with van der Waals surface area (Å²) in [6.07, 6.45) is 1.93. The van der Waals surface area contributed by atoms with E-state index in [1.54, 1.807) is 0 Å². The number of halogens is 3. The minimum Gasteiger partial charge on any atom is -0.311 e. The van der Waals surface area contributed by atoms with Crippen LogP contribution in [0.3, 0.4) is 0 Å². The topological polar surface area (TPSA) is 12.0 Å². The number of nitrogens with one attached hydrogen (secondary N) is 1. The molecule has 0 saturated heterocycles. The van der Waals surface area contributed by atoms with Crippen molar-refractivity contribution in [2.75, 3.05) is 19.0 Å². The number of alkyl halides is 3. The van der Waals surface area contributed by atoms with Crippen molar-refractivity contribution < 1.29 is 8.78 Å².